The van der Waals surface area contributed by atoms with Crippen LogP contribution in [0.25, 0.3) is 0 Å². The summed E-state index contributed by atoms with van der Waals surface area (Å²) in [5.74, 6) is 12.7. The molecule has 106 valence electrons. The summed E-state index contributed by atoms with van der Waals surface area (Å²) < 4.78 is 5.19. The van der Waals surface area contributed by atoms with E-state index in [2.05, 4.69) is 26.1 Å². The molecule has 2 rings (SSSR count). The van der Waals surface area contributed by atoms with Gasteiger partial charge >= 0.3 is 0 Å². The minimum atomic E-state index is 0.366. The molecule has 1 heterocycles. The molecule has 7 N–H and O–H groups in total. The van der Waals surface area contributed by atoms with Gasteiger partial charge < -0.3 is 20.9 Å². The number of hydrogen-bond acceptors (Lipinski definition) is 8. The molecule has 0 radical (unpaired) electrons. The monoisotopic (exact) mass is 275 g/mol. The van der Waals surface area contributed by atoms with Crippen LogP contribution in [0.4, 0.5) is 23.3 Å². The van der Waals surface area contributed by atoms with E-state index >= 15 is 0 Å². The Kier molecular flexibility index (Phi) is 4.18. The maximum atomic E-state index is 5.35. The first-order valence-corrected chi connectivity index (χ1v) is 5.90. The molecule has 0 aliphatic rings. The van der Waals surface area contributed by atoms with E-state index in [9.17, 15) is 0 Å². The largest absolute Gasteiger partial charge is 0.497 e. The molecule has 8 nitrogen and oxygen atoms in total. The second-order valence-corrected chi connectivity index (χ2v) is 4.06. The fraction of sp³-hybridized carbons (Fsp3) is 0.167. The number of ether oxygens (including phenoxy) is 1. The van der Waals surface area contributed by atoms with E-state index < -0.39 is 0 Å². The summed E-state index contributed by atoms with van der Waals surface area (Å²) in [5.41, 5.74) is 6.77. The number of aryl methyl sites for hydroxylation is 1. The number of nitrogen functional groups attached to an aromatic ring is 2. The lowest BCUT2D eigenvalue weighted by Crippen LogP contribution is -2.14. The fourth-order valence-corrected chi connectivity index (χ4v) is 1.63. The fourth-order valence-electron chi connectivity index (χ4n) is 1.63. The molecule has 0 spiro atoms. The Hall–Kier alpha value is -2.58. The van der Waals surface area contributed by atoms with Crippen molar-refractivity contribution < 1.29 is 4.74 Å². The maximum absolute atomic E-state index is 5.35. The summed E-state index contributed by atoms with van der Waals surface area (Å²) in [6.07, 6.45) is 0. The number of hydrazine groups is 2. The predicted octanol–water partition coefficient (Wildman–Crippen LogP) is 1.11. The number of nitrogens with one attached hydrogen (secondary N) is 3. The maximum Gasteiger partial charge on any atom is 0.231 e. The molecule has 0 saturated carbocycles. The predicted molar refractivity (Wildman–Crippen MR) is 78.7 cm³/mol. The summed E-state index contributed by atoms with van der Waals surface area (Å²) >= 11 is 0. The second-order valence-electron chi connectivity index (χ2n) is 4.06. The summed E-state index contributed by atoms with van der Waals surface area (Å²) in [7, 11) is 1.61. The van der Waals surface area contributed by atoms with Crippen LogP contribution >= 0.6 is 0 Å². The van der Waals surface area contributed by atoms with Gasteiger partial charge in [0, 0.05) is 17.8 Å². The average molecular weight is 275 g/mol. The van der Waals surface area contributed by atoms with Crippen LogP contribution in [0.5, 0.6) is 5.75 Å². The lowest BCUT2D eigenvalue weighted by atomic mass is 10.2. The Morgan fingerprint density at radius 2 is 1.70 bits per heavy atom. The zero-order valence-corrected chi connectivity index (χ0v) is 11.3. The third-order valence-electron chi connectivity index (χ3n) is 2.71. The van der Waals surface area contributed by atoms with Crippen LogP contribution in [-0.2, 0) is 0 Å². The Morgan fingerprint density at radius 1 is 1.05 bits per heavy atom. The van der Waals surface area contributed by atoms with Gasteiger partial charge in [0.15, 0.2) is 0 Å². The highest BCUT2D eigenvalue weighted by atomic mass is 16.5. The molecule has 0 fully saturated rings. The standard InChI is InChI=1S/C12H17N7O/c1-7-3-4-8(20-2)5-9(7)15-12-16-10(18-13)6-11(17-12)19-14/h3-6H,13-14H2,1-2H3,(H3,15,16,17,18,19). The molecule has 8 heteroatoms. The van der Waals surface area contributed by atoms with Gasteiger partial charge in [0.2, 0.25) is 5.95 Å². The SMILES string of the molecule is COc1ccc(C)c(Nc2nc(NN)cc(NN)n2)c1. The van der Waals surface area contributed by atoms with E-state index in [1.54, 1.807) is 13.2 Å². The van der Waals surface area contributed by atoms with Crippen molar-refractivity contribution >= 4 is 23.3 Å². The zero-order valence-electron chi connectivity index (χ0n) is 11.3. The first kappa shape index (κ1) is 13.8. The highest BCUT2D eigenvalue weighted by Gasteiger charge is 2.06. The van der Waals surface area contributed by atoms with Crippen LogP contribution in [0.2, 0.25) is 0 Å². The Bertz CT molecular complexity index is 580. The molecule has 0 saturated heterocycles. The molecule has 0 atom stereocenters. The van der Waals surface area contributed by atoms with E-state index in [1.807, 2.05) is 25.1 Å². The van der Waals surface area contributed by atoms with Gasteiger partial charge in [-0.1, -0.05) is 6.07 Å². The third kappa shape index (κ3) is 3.05. The van der Waals surface area contributed by atoms with Gasteiger partial charge in [0.1, 0.15) is 17.4 Å². The number of aromatic nitrogens is 2. The van der Waals surface area contributed by atoms with Gasteiger partial charge in [-0.25, -0.2) is 11.7 Å². The zero-order chi connectivity index (χ0) is 14.5. The minimum absolute atomic E-state index is 0.366. The molecular weight excluding hydrogens is 258 g/mol. The smallest absolute Gasteiger partial charge is 0.231 e. The summed E-state index contributed by atoms with van der Waals surface area (Å²) in [6.45, 7) is 1.97. The lowest BCUT2D eigenvalue weighted by molar-refractivity contribution is 0.415. The number of rotatable bonds is 5. The molecule has 20 heavy (non-hydrogen) atoms. The topological polar surface area (TPSA) is 123 Å². The first-order valence-electron chi connectivity index (χ1n) is 5.90. The van der Waals surface area contributed by atoms with E-state index in [-0.39, 0.29) is 0 Å². The summed E-state index contributed by atoms with van der Waals surface area (Å²) in [6, 6.07) is 7.26. The van der Waals surface area contributed by atoms with Crippen molar-refractivity contribution in [1.82, 2.24) is 9.97 Å². The van der Waals surface area contributed by atoms with Crippen molar-refractivity contribution in [3.8, 4) is 5.75 Å². The molecule has 0 aliphatic carbocycles. The van der Waals surface area contributed by atoms with Crippen molar-refractivity contribution in [1.29, 1.82) is 0 Å². The van der Waals surface area contributed by atoms with Crippen LogP contribution in [-0.4, -0.2) is 17.1 Å². The van der Waals surface area contributed by atoms with Crippen molar-refractivity contribution in [2.75, 3.05) is 23.3 Å². The second kappa shape index (κ2) is 6.04. The Balaban J connectivity index is 2.33. The van der Waals surface area contributed by atoms with Crippen molar-refractivity contribution in [3.05, 3.63) is 29.8 Å². The van der Waals surface area contributed by atoms with Crippen molar-refractivity contribution in [2.45, 2.75) is 6.92 Å². The van der Waals surface area contributed by atoms with E-state index in [1.165, 1.54) is 0 Å². The number of methoxy groups -OCH3 is 1. The quantitative estimate of drug-likeness (QED) is 0.406. The average Bonchev–Trinajstić information content (AvgIpc) is 2.49. The van der Waals surface area contributed by atoms with Crippen LogP contribution in [0.1, 0.15) is 5.56 Å². The van der Waals surface area contributed by atoms with Crippen LogP contribution < -0.4 is 32.6 Å². The number of hydrogen-bond donors (Lipinski definition) is 5. The first-order chi connectivity index (χ1) is 9.66. The summed E-state index contributed by atoms with van der Waals surface area (Å²) in [5, 5.41) is 3.10. The third-order valence-corrected chi connectivity index (χ3v) is 2.71. The lowest BCUT2D eigenvalue weighted by Gasteiger charge is -2.12. The van der Waals surface area contributed by atoms with Gasteiger partial charge in [0.25, 0.3) is 0 Å². The molecule has 1 aromatic heterocycles. The number of benzene rings is 1. The van der Waals surface area contributed by atoms with E-state index in [0.717, 1.165) is 17.0 Å². The minimum Gasteiger partial charge on any atom is -0.497 e. The van der Waals surface area contributed by atoms with Gasteiger partial charge in [-0.2, -0.15) is 9.97 Å². The van der Waals surface area contributed by atoms with Gasteiger partial charge in [0.05, 0.1) is 7.11 Å². The summed E-state index contributed by atoms with van der Waals surface area (Å²) in [4.78, 5) is 8.39. The number of anilines is 4. The Labute approximate surface area is 116 Å². The highest BCUT2D eigenvalue weighted by Crippen LogP contribution is 2.25. The molecule has 0 amide bonds. The van der Waals surface area contributed by atoms with E-state index in [0.29, 0.717) is 17.6 Å². The van der Waals surface area contributed by atoms with Crippen LogP contribution in [0, 0.1) is 6.92 Å². The van der Waals surface area contributed by atoms with E-state index in [4.69, 9.17) is 16.4 Å². The normalized spacial score (nSPS) is 10.0. The molecule has 2 aromatic rings. The molecule has 0 aliphatic heterocycles. The highest BCUT2D eigenvalue weighted by molar-refractivity contribution is 5.63. The van der Waals surface area contributed by atoms with Crippen LogP contribution in [0.15, 0.2) is 24.3 Å². The molecule has 0 unspecified atom stereocenters. The van der Waals surface area contributed by atoms with Gasteiger partial charge in [-0.15, -0.1) is 0 Å². The number of nitrogens with zero attached hydrogens (tertiary/aromatic N) is 2. The van der Waals surface area contributed by atoms with Crippen molar-refractivity contribution in [2.24, 2.45) is 11.7 Å². The van der Waals surface area contributed by atoms with Gasteiger partial charge in [-0.3, -0.25) is 0 Å². The van der Waals surface area contributed by atoms with Crippen molar-refractivity contribution in [3.63, 3.8) is 0 Å². The molecule has 1 aromatic carbocycles. The molecule has 0 bridgehead atoms. The number of nitrogens with two attached hydrogens (primary N) is 2. The Morgan fingerprint density at radius 3 is 2.25 bits per heavy atom. The van der Waals surface area contributed by atoms with Gasteiger partial charge in [-0.05, 0) is 18.6 Å². The molecular formula is C12H17N7O. The van der Waals surface area contributed by atoms with Crippen LogP contribution in [0.3, 0.4) is 0 Å².